The highest BCUT2D eigenvalue weighted by Gasteiger charge is 2.15. The van der Waals surface area contributed by atoms with Gasteiger partial charge in [-0.25, -0.2) is 9.61 Å². The second-order valence-corrected chi connectivity index (χ2v) is 6.88. The number of carbonyl (C=O) groups is 1. The van der Waals surface area contributed by atoms with Gasteiger partial charge < -0.3 is 14.5 Å². The Bertz CT molecular complexity index is 1180. The van der Waals surface area contributed by atoms with Crippen LogP contribution in [0, 0.1) is 0 Å². The maximum atomic E-state index is 12.3. The predicted octanol–water partition coefficient (Wildman–Crippen LogP) is 2.81. The highest BCUT2D eigenvalue weighted by molar-refractivity contribution is 7.99. The minimum Gasteiger partial charge on any atom is -0.494 e. The molecular weight excluding hydrogens is 394 g/mol. The first kappa shape index (κ1) is 18.8. The van der Waals surface area contributed by atoms with Crippen molar-refractivity contribution in [1.82, 2.24) is 19.8 Å². The first-order valence-corrected chi connectivity index (χ1v) is 9.80. The third-order valence-electron chi connectivity index (χ3n) is 3.93. The molecule has 4 rings (SSSR count). The summed E-state index contributed by atoms with van der Waals surface area (Å²) in [7, 11) is 0. The molecule has 10 heteroatoms. The van der Waals surface area contributed by atoms with Crippen molar-refractivity contribution in [2.24, 2.45) is 0 Å². The topological polar surface area (TPSA) is 115 Å². The molecule has 2 N–H and O–H groups in total. The van der Waals surface area contributed by atoms with Gasteiger partial charge in [-0.15, -0.1) is 5.10 Å². The molecule has 0 saturated carbocycles. The maximum absolute atomic E-state index is 12.3. The van der Waals surface area contributed by atoms with Crippen LogP contribution >= 0.6 is 11.8 Å². The van der Waals surface area contributed by atoms with E-state index >= 15 is 0 Å². The quantitative estimate of drug-likeness (QED) is 0.449. The largest absolute Gasteiger partial charge is 0.494 e. The molecule has 0 fully saturated rings. The fourth-order valence-electron chi connectivity index (χ4n) is 2.66. The molecule has 0 unspecified atom stereocenters. The van der Waals surface area contributed by atoms with E-state index in [2.05, 4.69) is 20.6 Å². The third-order valence-corrected chi connectivity index (χ3v) is 4.86. The summed E-state index contributed by atoms with van der Waals surface area (Å²) >= 11 is 1.16. The summed E-state index contributed by atoms with van der Waals surface area (Å²) in [6.45, 7) is 2.49. The first-order chi connectivity index (χ1) is 14.1. The van der Waals surface area contributed by atoms with Crippen LogP contribution in [0.4, 0.5) is 5.69 Å². The van der Waals surface area contributed by atoms with E-state index in [-0.39, 0.29) is 17.2 Å². The highest BCUT2D eigenvalue weighted by atomic mass is 32.2. The van der Waals surface area contributed by atoms with Crippen molar-refractivity contribution in [3.8, 4) is 17.2 Å². The van der Waals surface area contributed by atoms with Crippen LogP contribution in [0.5, 0.6) is 5.75 Å². The lowest BCUT2D eigenvalue weighted by Gasteiger charge is -2.07. The molecule has 0 atom stereocenters. The van der Waals surface area contributed by atoms with Crippen molar-refractivity contribution in [1.29, 1.82) is 0 Å². The fourth-order valence-corrected chi connectivity index (χ4v) is 3.36. The van der Waals surface area contributed by atoms with Crippen LogP contribution in [0.2, 0.25) is 0 Å². The summed E-state index contributed by atoms with van der Waals surface area (Å²) < 4.78 is 12.1. The minimum absolute atomic E-state index is 0.0945. The lowest BCUT2D eigenvalue weighted by molar-refractivity contribution is -0.113. The van der Waals surface area contributed by atoms with E-state index in [0.717, 1.165) is 17.5 Å². The number of anilines is 1. The number of furan rings is 1. The molecule has 3 aromatic heterocycles. The van der Waals surface area contributed by atoms with E-state index in [4.69, 9.17) is 9.15 Å². The van der Waals surface area contributed by atoms with Crippen molar-refractivity contribution < 1.29 is 13.9 Å². The number of rotatable bonds is 7. The number of nitrogens with one attached hydrogen (secondary N) is 2. The monoisotopic (exact) mass is 411 g/mol. The normalized spacial score (nSPS) is 10.9. The summed E-state index contributed by atoms with van der Waals surface area (Å²) in [6.07, 6.45) is 1.53. The molecule has 0 spiro atoms. The van der Waals surface area contributed by atoms with Gasteiger partial charge in [0.05, 0.1) is 18.6 Å². The summed E-state index contributed by atoms with van der Waals surface area (Å²) in [5.74, 6) is 1.17. The van der Waals surface area contributed by atoms with Gasteiger partial charge in [0.2, 0.25) is 11.1 Å². The van der Waals surface area contributed by atoms with Crippen molar-refractivity contribution in [2.75, 3.05) is 17.7 Å². The van der Waals surface area contributed by atoms with Gasteiger partial charge in [0.15, 0.2) is 5.76 Å². The number of amides is 1. The standard InChI is InChI=1S/C19H17N5O4S/c1-2-27-13-7-5-12(6-8-13)20-17(25)11-29-19-22-21-18(26)15-10-14(23-24(15)19)16-4-3-9-28-16/h3-10H,2,11H2,1H3,(H,20,25)(H,21,26). The molecule has 0 aliphatic rings. The highest BCUT2D eigenvalue weighted by Crippen LogP contribution is 2.22. The summed E-state index contributed by atoms with van der Waals surface area (Å²) in [6, 6.07) is 12.2. The number of benzene rings is 1. The van der Waals surface area contributed by atoms with Gasteiger partial charge in [-0.05, 0) is 43.3 Å². The molecule has 0 aliphatic heterocycles. The molecule has 0 aliphatic carbocycles. The summed E-state index contributed by atoms with van der Waals surface area (Å²) in [5.41, 5.74) is 1.12. The van der Waals surface area contributed by atoms with Crippen LogP contribution < -0.4 is 15.6 Å². The van der Waals surface area contributed by atoms with Gasteiger partial charge >= 0.3 is 0 Å². The first-order valence-electron chi connectivity index (χ1n) is 8.82. The molecule has 4 aromatic rings. The number of H-pyrrole nitrogens is 1. The number of nitrogens with zero attached hydrogens (tertiary/aromatic N) is 3. The van der Waals surface area contributed by atoms with Crippen molar-refractivity contribution in [2.45, 2.75) is 12.1 Å². The van der Waals surface area contributed by atoms with E-state index in [1.54, 1.807) is 42.5 Å². The molecule has 29 heavy (non-hydrogen) atoms. The molecule has 148 valence electrons. The molecule has 1 aromatic carbocycles. The van der Waals surface area contributed by atoms with E-state index < -0.39 is 0 Å². The second-order valence-electron chi connectivity index (χ2n) is 5.93. The zero-order valence-corrected chi connectivity index (χ0v) is 16.2. The number of carbonyl (C=O) groups excluding carboxylic acids is 1. The average Bonchev–Trinajstić information content (AvgIpc) is 3.39. The zero-order valence-electron chi connectivity index (χ0n) is 15.4. The van der Waals surface area contributed by atoms with Gasteiger partial charge in [-0.1, -0.05) is 11.8 Å². The van der Waals surface area contributed by atoms with Gasteiger partial charge in [0.1, 0.15) is 17.0 Å². The minimum atomic E-state index is -0.376. The van der Waals surface area contributed by atoms with E-state index in [9.17, 15) is 9.59 Å². The fraction of sp³-hybridized carbons (Fsp3) is 0.158. The Kier molecular flexibility index (Phi) is 5.34. The van der Waals surface area contributed by atoms with Crippen LogP contribution in [-0.2, 0) is 4.79 Å². The molecule has 0 radical (unpaired) electrons. The molecule has 0 saturated heterocycles. The van der Waals surface area contributed by atoms with Gasteiger partial charge in [0, 0.05) is 11.8 Å². The number of hydrogen-bond donors (Lipinski definition) is 2. The lowest BCUT2D eigenvalue weighted by atomic mass is 10.3. The number of aromatic nitrogens is 4. The second kappa shape index (κ2) is 8.23. The van der Waals surface area contributed by atoms with Gasteiger partial charge in [-0.2, -0.15) is 5.10 Å². The Morgan fingerprint density at radius 2 is 2.14 bits per heavy atom. The van der Waals surface area contributed by atoms with Crippen LogP contribution in [0.15, 0.2) is 63.1 Å². The summed E-state index contributed by atoms with van der Waals surface area (Å²) in [5, 5.41) is 14.0. The van der Waals surface area contributed by atoms with Crippen molar-refractivity contribution in [3.63, 3.8) is 0 Å². The SMILES string of the molecule is CCOc1ccc(NC(=O)CSc2n[nH]c(=O)c3cc(-c4ccco4)nn23)cc1. The number of fused-ring (bicyclic) bond motifs is 1. The van der Waals surface area contributed by atoms with Gasteiger partial charge in [-0.3, -0.25) is 9.59 Å². The number of hydrogen-bond acceptors (Lipinski definition) is 7. The Morgan fingerprint density at radius 1 is 1.31 bits per heavy atom. The van der Waals surface area contributed by atoms with E-state index in [0.29, 0.717) is 34.4 Å². The maximum Gasteiger partial charge on any atom is 0.290 e. The zero-order chi connectivity index (χ0) is 20.2. The third kappa shape index (κ3) is 4.16. The Hall–Kier alpha value is -3.53. The number of thioether (sulfide) groups is 1. The molecule has 9 nitrogen and oxygen atoms in total. The molecule has 0 bridgehead atoms. The van der Waals surface area contributed by atoms with Crippen LogP contribution in [0.1, 0.15) is 6.92 Å². The number of ether oxygens (including phenoxy) is 1. The van der Waals surface area contributed by atoms with Gasteiger partial charge in [0.25, 0.3) is 5.56 Å². The smallest absolute Gasteiger partial charge is 0.290 e. The Balaban J connectivity index is 1.47. The van der Waals surface area contributed by atoms with E-state index in [1.165, 1.54) is 10.8 Å². The molecular formula is C19H17N5O4S. The van der Waals surface area contributed by atoms with Crippen LogP contribution in [-0.4, -0.2) is 38.1 Å². The van der Waals surface area contributed by atoms with Crippen LogP contribution in [0.25, 0.3) is 17.0 Å². The Labute approximate surface area is 169 Å². The lowest BCUT2D eigenvalue weighted by Crippen LogP contribution is -2.17. The Morgan fingerprint density at radius 3 is 2.86 bits per heavy atom. The number of aromatic amines is 1. The molecule has 3 heterocycles. The predicted molar refractivity (Wildman–Crippen MR) is 108 cm³/mol. The van der Waals surface area contributed by atoms with Crippen molar-refractivity contribution >= 4 is 28.9 Å². The van der Waals surface area contributed by atoms with Crippen molar-refractivity contribution in [3.05, 3.63) is 59.1 Å². The van der Waals surface area contributed by atoms with E-state index in [1.807, 2.05) is 6.92 Å². The molecule has 1 amide bonds. The summed E-state index contributed by atoms with van der Waals surface area (Å²) in [4.78, 5) is 24.3. The average molecular weight is 411 g/mol. The van der Waals surface area contributed by atoms with Crippen LogP contribution in [0.3, 0.4) is 0 Å².